The van der Waals surface area contributed by atoms with E-state index in [0.29, 0.717) is 12.1 Å². The molecule has 1 unspecified atom stereocenters. The van der Waals surface area contributed by atoms with Gasteiger partial charge in [-0.2, -0.15) is 0 Å². The summed E-state index contributed by atoms with van der Waals surface area (Å²) in [5.41, 5.74) is 1.41. The minimum absolute atomic E-state index is 0.115. The summed E-state index contributed by atoms with van der Waals surface area (Å²) in [6.07, 6.45) is 4.83. The molecule has 1 N–H and O–H groups in total. The fraction of sp³-hybridized carbons (Fsp3) is 0.400. The fourth-order valence-corrected chi connectivity index (χ4v) is 2.32. The average Bonchev–Trinajstić information content (AvgIpc) is 2.17. The lowest BCUT2D eigenvalue weighted by atomic mass is 10.00. The highest BCUT2D eigenvalue weighted by molar-refractivity contribution is 7.76. The van der Waals surface area contributed by atoms with Gasteiger partial charge in [-0.15, -0.1) is 0 Å². The summed E-state index contributed by atoms with van der Waals surface area (Å²) >= 11 is -2.35. The number of hydrogen-bond acceptors (Lipinski definition) is 3. The molecule has 0 aromatic heterocycles. The van der Waals surface area contributed by atoms with Crippen LogP contribution in [0.3, 0.4) is 0 Å². The maximum Gasteiger partial charge on any atom is 0.0766 e. The first-order valence-corrected chi connectivity index (χ1v) is 5.66. The third-order valence-corrected chi connectivity index (χ3v) is 2.91. The van der Waals surface area contributed by atoms with Gasteiger partial charge < -0.3 is 14.0 Å². The normalized spacial score (nSPS) is 29.5. The molecule has 1 aliphatic heterocycles. The molecule has 0 aromatic rings. The van der Waals surface area contributed by atoms with Crippen molar-refractivity contribution >= 4 is 11.3 Å². The van der Waals surface area contributed by atoms with Crippen LogP contribution < -0.4 is 0 Å². The van der Waals surface area contributed by atoms with Gasteiger partial charge in [-0.3, -0.25) is 4.21 Å². The Morgan fingerprint density at radius 3 is 2.87 bits per heavy atom. The maximum atomic E-state index is 10.9. The first-order valence-electron chi connectivity index (χ1n) is 4.63. The molecule has 84 valence electrons. The first-order chi connectivity index (χ1) is 7.10. The van der Waals surface area contributed by atoms with Gasteiger partial charge in [0, 0.05) is 23.4 Å². The molecule has 1 rings (SSSR count). The van der Waals surface area contributed by atoms with Crippen LogP contribution in [0.1, 0.15) is 13.3 Å². The SMILES string of the molecule is C=C/C=C1/C[C@@H](O)CN(S(=O)[O-])/C1=C/C. The van der Waals surface area contributed by atoms with Gasteiger partial charge in [0.1, 0.15) is 0 Å². The molecule has 1 fully saturated rings. The van der Waals surface area contributed by atoms with Gasteiger partial charge in [-0.05, 0) is 12.5 Å². The van der Waals surface area contributed by atoms with E-state index in [4.69, 9.17) is 0 Å². The van der Waals surface area contributed by atoms with Crippen LogP contribution in [0.15, 0.2) is 36.1 Å². The van der Waals surface area contributed by atoms with Crippen molar-refractivity contribution in [2.24, 2.45) is 0 Å². The van der Waals surface area contributed by atoms with E-state index in [0.717, 1.165) is 9.88 Å². The largest absolute Gasteiger partial charge is 0.755 e. The molecule has 0 bridgehead atoms. The zero-order valence-electron chi connectivity index (χ0n) is 8.55. The first kappa shape index (κ1) is 12.2. The van der Waals surface area contributed by atoms with Gasteiger partial charge in [0.05, 0.1) is 12.6 Å². The highest BCUT2D eigenvalue weighted by Crippen LogP contribution is 2.27. The number of β-amino-alcohol motifs (C(OH)–C–C–N with tert-alkyl or cyclic N) is 1. The zero-order chi connectivity index (χ0) is 11.4. The molecule has 1 aliphatic rings. The van der Waals surface area contributed by atoms with Crippen molar-refractivity contribution in [3.8, 4) is 0 Å². The molecule has 2 atom stereocenters. The maximum absolute atomic E-state index is 10.9. The van der Waals surface area contributed by atoms with Crippen molar-refractivity contribution in [2.75, 3.05) is 6.54 Å². The van der Waals surface area contributed by atoms with Gasteiger partial charge in [0.25, 0.3) is 0 Å². The van der Waals surface area contributed by atoms with Crippen molar-refractivity contribution in [3.05, 3.63) is 36.1 Å². The summed E-state index contributed by atoms with van der Waals surface area (Å²) in [4.78, 5) is 0. The van der Waals surface area contributed by atoms with Crippen LogP contribution in [-0.4, -0.2) is 30.8 Å². The van der Waals surface area contributed by atoms with Crippen LogP contribution in [-0.2, 0) is 11.3 Å². The van der Waals surface area contributed by atoms with Gasteiger partial charge in [-0.25, -0.2) is 0 Å². The van der Waals surface area contributed by atoms with Crippen molar-refractivity contribution < 1.29 is 13.9 Å². The third kappa shape index (κ3) is 2.77. The number of rotatable bonds is 2. The summed E-state index contributed by atoms with van der Waals surface area (Å²) in [6.45, 7) is 5.44. The van der Waals surface area contributed by atoms with Gasteiger partial charge in [0.2, 0.25) is 0 Å². The van der Waals surface area contributed by atoms with Gasteiger partial charge in [0.15, 0.2) is 0 Å². The summed E-state index contributed by atoms with van der Waals surface area (Å²) in [7, 11) is 0. The number of piperidine rings is 1. The molecule has 5 heteroatoms. The molecular formula is C10H14NO3S-. The van der Waals surface area contributed by atoms with Crippen molar-refractivity contribution in [1.82, 2.24) is 4.31 Å². The summed E-state index contributed by atoms with van der Waals surface area (Å²) < 4.78 is 23.0. The second kappa shape index (κ2) is 5.25. The Balaban J connectivity index is 3.05. The highest BCUT2D eigenvalue weighted by atomic mass is 32.2. The monoisotopic (exact) mass is 228 g/mol. The van der Waals surface area contributed by atoms with Crippen LogP contribution in [0.25, 0.3) is 0 Å². The molecular weight excluding hydrogens is 214 g/mol. The molecule has 0 radical (unpaired) electrons. The highest BCUT2D eigenvalue weighted by Gasteiger charge is 2.25. The van der Waals surface area contributed by atoms with Gasteiger partial charge >= 0.3 is 0 Å². The predicted octanol–water partition coefficient (Wildman–Crippen LogP) is 0.863. The van der Waals surface area contributed by atoms with E-state index in [1.54, 1.807) is 25.2 Å². The topological polar surface area (TPSA) is 63.6 Å². The smallest absolute Gasteiger partial charge is 0.0766 e. The Bertz CT molecular complexity index is 336. The third-order valence-electron chi connectivity index (χ3n) is 2.20. The summed E-state index contributed by atoms with van der Waals surface area (Å²) in [6, 6.07) is 0. The second-order valence-electron chi connectivity index (χ2n) is 3.24. The molecule has 1 heterocycles. The molecule has 0 spiro atoms. The lowest BCUT2D eigenvalue weighted by molar-refractivity contribution is 0.141. The molecule has 1 saturated heterocycles. The molecule has 0 aromatic carbocycles. The van der Waals surface area contributed by atoms with E-state index in [2.05, 4.69) is 6.58 Å². The second-order valence-corrected chi connectivity index (χ2v) is 4.11. The van der Waals surface area contributed by atoms with Crippen LogP contribution in [0.5, 0.6) is 0 Å². The Hall–Kier alpha value is -0.910. The van der Waals surface area contributed by atoms with Crippen LogP contribution in [0, 0.1) is 0 Å². The number of allylic oxidation sites excluding steroid dienone is 4. The van der Waals surface area contributed by atoms with Crippen molar-refractivity contribution in [3.63, 3.8) is 0 Å². The fourth-order valence-electron chi connectivity index (χ4n) is 1.64. The van der Waals surface area contributed by atoms with E-state index in [-0.39, 0.29) is 6.54 Å². The number of hydrogen-bond donors (Lipinski definition) is 1. The quantitative estimate of drug-likeness (QED) is 0.713. The minimum Gasteiger partial charge on any atom is -0.755 e. The lowest BCUT2D eigenvalue weighted by Gasteiger charge is -2.36. The van der Waals surface area contributed by atoms with E-state index in [1.165, 1.54) is 0 Å². The van der Waals surface area contributed by atoms with E-state index in [1.807, 2.05) is 0 Å². The van der Waals surface area contributed by atoms with E-state index >= 15 is 0 Å². The van der Waals surface area contributed by atoms with E-state index in [9.17, 15) is 13.9 Å². The Kier molecular flexibility index (Phi) is 4.26. The number of aliphatic hydroxyl groups excluding tert-OH is 1. The standard InChI is InChI=1S/C10H15NO3S/c1-3-5-8-6-9(12)7-11(15(13)14)10(8)4-2/h3-5,9,12H,1,6-7H2,2H3,(H,13,14)/p-1/b8-5-,10-4+/t9-/m1/s1. The number of nitrogens with zero attached hydrogens (tertiary/aromatic N) is 1. The van der Waals surface area contributed by atoms with Crippen LogP contribution in [0.4, 0.5) is 0 Å². The summed E-state index contributed by atoms with van der Waals surface area (Å²) in [5, 5.41) is 9.52. The lowest BCUT2D eigenvalue weighted by Crippen LogP contribution is -2.38. The van der Waals surface area contributed by atoms with Crippen LogP contribution >= 0.6 is 0 Å². The summed E-state index contributed by atoms with van der Waals surface area (Å²) in [5.74, 6) is 0. The number of aliphatic hydroxyl groups is 1. The molecule has 4 nitrogen and oxygen atoms in total. The van der Waals surface area contributed by atoms with Crippen molar-refractivity contribution in [1.29, 1.82) is 0 Å². The van der Waals surface area contributed by atoms with Gasteiger partial charge in [-0.1, -0.05) is 24.8 Å². The van der Waals surface area contributed by atoms with Crippen molar-refractivity contribution in [2.45, 2.75) is 19.4 Å². The molecule has 0 saturated carbocycles. The molecule has 0 amide bonds. The Morgan fingerprint density at radius 1 is 1.73 bits per heavy atom. The Morgan fingerprint density at radius 2 is 2.40 bits per heavy atom. The van der Waals surface area contributed by atoms with E-state index < -0.39 is 17.4 Å². The zero-order valence-corrected chi connectivity index (χ0v) is 9.37. The predicted molar refractivity (Wildman–Crippen MR) is 58.3 cm³/mol. The average molecular weight is 228 g/mol. The molecule has 0 aliphatic carbocycles. The molecule has 15 heavy (non-hydrogen) atoms. The minimum atomic E-state index is -2.35. The Labute approximate surface area is 92.0 Å². The van der Waals surface area contributed by atoms with Crippen LogP contribution in [0.2, 0.25) is 0 Å².